The molecule has 0 saturated heterocycles. The maximum atomic E-state index is 6.94. The molecule has 8 aromatic carbocycles. The van der Waals surface area contributed by atoms with Gasteiger partial charge in [-0.1, -0.05) is 127 Å². The molecule has 0 fully saturated rings. The molecule has 0 atom stereocenters. The summed E-state index contributed by atoms with van der Waals surface area (Å²) in [5, 5.41) is 9.48. The fourth-order valence-electron chi connectivity index (χ4n) is 6.80. The van der Waals surface area contributed by atoms with Crippen LogP contribution < -0.4 is 4.90 Å². The summed E-state index contributed by atoms with van der Waals surface area (Å²) >= 11 is 0. The summed E-state index contributed by atoms with van der Waals surface area (Å²) in [4.78, 5) is 2.36. The van der Waals surface area contributed by atoms with Gasteiger partial charge in [0, 0.05) is 38.8 Å². The van der Waals surface area contributed by atoms with Crippen LogP contribution in [0.4, 0.5) is 17.1 Å². The van der Waals surface area contributed by atoms with E-state index in [4.69, 9.17) is 4.42 Å². The third-order valence-electron chi connectivity index (χ3n) is 8.78. The van der Waals surface area contributed by atoms with Crippen molar-refractivity contribution in [1.82, 2.24) is 0 Å². The number of rotatable bonds is 4. The van der Waals surface area contributed by atoms with E-state index in [0.717, 1.165) is 55.5 Å². The van der Waals surface area contributed by atoms with Crippen LogP contribution in [-0.2, 0) is 0 Å². The molecule has 0 amide bonds. The Hall–Kier alpha value is -5.86. The van der Waals surface area contributed by atoms with Crippen LogP contribution >= 0.6 is 0 Å². The SMILES string of the molecule is c1ccc(-c2cc(N(c3ccccc3)c3ccc4ccccc4c3)cc3c2oc2c4ccccc4c4ccccc4c32)cc1. The number of benzene rings is 8. The molecule has 1 aromatic heterocycles. The number of fused-ring (bicyclic) bond motifs is 9. The first-order valence-corrected chi connectivity index (χ1v) is 15.0. The van der Waals surface area contributed by atoms with Gasteiger partial charge in [0.05, 0.1) is 0 Å². The summed E-state index contributed by atoms with van der Waals surface area (Å²) in [6, 6.07) is 58.4. The summed E-state index contributed by atoms with van der Waals surface area (Å²) < 4.78 is 6.94. The second-order valence-corrected chi connectivity index (χ2v) is 11.3. The molecular formula is C42H27NO. The standard InChI is InChI=1S/C42H27NO/c1-3-14-29(15-4-1)38-26-33(43(31-17-5-2-6-18-31)32-24-23-28-13-7-8-16-30(28)25-32)27-39-40-36-21-11-9-19-34(36)35-20-10-12-22-37(35)42(40)44-41(38)39/h1-27H. The molecular weight excluding hydrogens is 534 g/mol. The molecule has 0 spiro atoms. The lowest BCUT2D eigenvalue weighted by atomic mass is 9.95. The third kappa shape index (κ3) is 3.82. The largest absolute Gasteiger partial charge is 0.455 e. The van der Waals surface area contributed by atoms with E-state index < -0.39 is 0 Å². The maximum absolute atomic E-state index is 6.94. The molecule has 44 heavy (non-hydrogen) atoms. The lowest BCUT2D eigenvalue weighted by Gasteiger charge is -2.26. The Morgan fingerprint density at radius 3 is 1.75 bits per heavy atom. The molecule has 0 N–H and O–H groups in total. The minimum Gasteiger partial charge on any atom is -0.455 e. The van der Waals surface area contributed by atoms with Crippen LogP contribution in [0.3, 0.4) is 0 Å². The highest BCUT2D eigenvalue weighted by molar-refractivity contribution is 6.31. The van der Waals surface area contributed by atoms with Crippen molar-refractivity contribution in [1.29, 1.82) is 0 Å². The Labute approximate surface area is 255 Å². The van der Waals surface area contributed by atoms with Crippen molar-refractivity contribution in [2.45, 2.75) is 0 Å². The average molecular weight is 562 g/mol. The zero-order chi connectivity index (χ0) is 29.0. The van der Waals surface area contributed by atoms with Gasteiger partial charge in [0.25, 0.3) is 0 Å². The summed E-state index contributed by atoms with van der Waals surface area (Å²) in [7, 11) is 0. The molecule has 2 nitrogen and oxygen atoms in total. The van der Waals surface area contributed by atoms with Crippen molar-refractivity contribution in [2.75, 3.05) is 4.90 Å². The predicted molar refractivity (Wildman–Crippen MR) is 186 cm³/mol. The number of para-hydroxylation sites is 1. The van der Waals surface area contributed by atoms with E-state index in [1.165, 1.54) is 26.9 Å². The van der Waals surface area contributed by atoms with Crippen LogP contribution in [0.15, 0.2) is 168 Å². The number of anilines is 3. The molecule has 0 aliphatic heterocycles. The van der Waals surface area contributed by atoms with E-state index in [1.807, 2.05) is 0 Å². The summed E-state index contributed by atoms with van der Waals surface area (Å²) in [6.45, 7) is 0. The minimum atomic E-state index is 0.906. The molecule has 1 heterocycles. The lowest BCUT2D eigenvalue weighted by Crippen LogP contribution is -2.10. The first-order valence-electron chi connectivity index (χ1n) is 15.0. The van der Waals surface area contributed by atoms with Crippen molar-refractivity contribution >= 4 is 71.3 Å². The van der Waals surface area contributed by atoms with Crippen LogP contribution in [0, 0.1) is 0 Å². The average Bonchev–Trinajstić information content (AvgIpc) is 3.49. The van der Waals surface area contributed by atoms with Gasteiger partial charge in [-0.05, 0) is 68.9 Å². The van der Waals surface area contributed by atoms with E-state index in [-0.39, 0.29) is 0 Å². The van der Waals surface area contributed by atoms with E-state index in [9.17, 15) is 0 Å². The molecule has 9 rings (SSSR count). The van der Waals surface area contributed by atoms with Gasteiger partial charge in [0.2, 0.25) is 0 Å². The van der Waals surface area contributed by atoms with Gasteiger partial charge in [-0.3, -0.25) is 0 Å². The van der Waals surface area contributed by atoms with E-state index in [2.05, 4.69) is 169 Å². The van der Waals surface area contributed by atoms with E-state index >= 15 is 0 Å². The highest BCUT2D eigenvalue weighted by atomic mass is 16.3. The first kappa shape index (κ1) is 24.7. The fraction of sp³-hybridized carbons (Fsp3) is 0. The summed E-state index contributed by atoms with van der Waals surface area (Å²) in [5.74, 6) is 0. The Kier molecular flexibility index (Phi) is 5.54. The predicted octanol–water partition coefficient (Wildman–Crippen LogP) is 12.2. The number of nitrogens with zero attached hydrogens (tertiary/aromatic N) is 1. The second-order valence-electron chi connectivity index (χ2n) is 11.3. The summed E-state index contributed by atoms with van der Waals surface area (Å²) in [6.07, 6.45) is 0. The Morgan fingerprint density at radius 2 is 0.977 bits per heavy atom. The molecule has 9 aromatic rings. The van der Waals surface area contributed by atoms with Crippen molar-refractivity contribution in [3.05, 3.63) is 164 Å². The fourth-order valence-corrected chi connectivity index (χ4v) is 6.80. The quantitative estimate of drug-likeness (QED) is 0.199. The van der Waals surface area contributed by atoms with Crippen molar-refractivity contribution in [2.24, 2.45) is 0 Å². The van der Waals surface area contributed by atoms with Gasteiger partial charge >= 0.3 is 0 Å². The van der Waals surface area contributed by atoms with Crippen molar-refractivity contribution in [3.8, 4) is 11.1 Å². The van der Waals surface area contributed by atoms with Gasteiger partial charge in [-0.2, -0.15) is 0 Å². The number of hydrogen-bond acceptors (Lipinski definition) is 2. The van der Waals surface area contributed by atoms with Crippen LogP contribution in [0.1, 0.15) is 0 Å². The van der Waals surface area contributed by atoms with Crippen LogP contribution in [0.5, 0.6) is 0 Å². The molecule has 0 bridgehead atoms. The maximum Gasteiger partial charge on any atom is 0.143 e. The first-order chi connectivity index (χ1) is 21.8. The number of hydrogen-bond donors (Lipinski definition) is 0. The van der Waals surface area contributed by atoms with E-state index in [1.54, 1.807) is 0 Å². The Morgan fingerprint density at radius 1 is 0.364 bits per heavy atom. The minimum absolute atomic E-state index is 0.906. The molecule has 0 unspecified atom stereocenters. The number of furan rings is 1. The van der Waals surface area contributed by atoms with Gasteiger partial charge in [-0.25, -0.2) is 0 Å². The molecule has 0 radical (unpaired) electrons. The summed E-state index contributed by atoms with van der Waals surface area (Å²) in [5.41, 5.74) is 7.32. The van der Waals surface area contributed by atoms with Gasteiger partial charge in [0.1, 0.15) is 11.2 Å². The smallest absolute Gasteiger partial charge is 0.143 e. The highest BCUT2D eigenvalue weighted by Gasteiger charge is 2.22. The topological polar surface area (TPSA) is 16.4 Å². The molecule has 2 heteroatoms. The lowest BCUT2D eigenvalue weighted by molar-refractivity contribution is 0.674. The van der Waals surface area contributed by atoms with Crippen LogP contribution in [0.2, 0.25) is 0 Å². The molecule has 0 aliphatic rings. The van der Waals surface area contributed by atoms with Gasteiger partial charge in [-0.15, -0.1) is 0 Å². The van der Waals surface area contributed by atoms with Crippen molar-refractivity contribution in [3.63, 3.8) is 0 Å². The third-order valence-corrected chi connectivity index (χ3v) is 8.78. The van der Waals surface area contributed by atoms with Crippen molar-refractivity contribution < 1.29 is 4.42 Å². The zero-order valence-corrected chi connectivity index (χ0v) is 23.9. The zero-order valence-electron chi connectivity index (χ0n) is 23.9. The van der Waals surface area contributed by atoms with Gasteiger partial charge in [0.15, 0.2) is 0 Å². The van der Waals surface area contributed by atoms with Gasteiger partial charge < -0.3 is 9.32 Å². The molecule has 0 aliphatic carbocycles. The highest BCUT2D eigenvalue weighted by Crippen LogP contribution is 2.47. The molecule has 0 saturated carbocycles. The monoisotopic (exact) mass is 561 g/mol. The normalized spacial score (nSPS) is 11.6. The van der Waals surface area contributed by atoms with Crippen LogP contribution in [-0.4, -0.2) is 0 Å². The molecule has 206 valence electrons. The Bertz CT molecular complexity index is 2490. The van der Waals surface area contributed by atoms with E-state index in [0.29, 0.717) is 0 Å². The van der Waals surface area contributed by atoms with Crippen LogP contribution in [0.25, 0.3) is 65.4 Å². The Balaban J connectivity index is 1.43. The second kappa shape index (κ2) is 9.86.